The van der Waals surface area contributed by atoms with E-state index in [0.29, 0.717) is 30.6 Å². The van der Waals surface area contributed by atoms with E-state index < -0.39 is 21.9 Å². The second kappa shape index (κ2) is 9.62. The van der Waals surface area contributed by atoms with Crippen LogP contribution >= 0.6 is 0 Å². The monoisotopic (exact) mass is 444 g/mol. The van der Waals surface area contributed by atoms with E-state index in [1.807, 2.05) is 38.1 Å². The highest BCUT2D eigenvalue weighted by atomic mass is 32.2. The molecule has 1 atom stereocenters. The smallest absolute Gasteiger partial charge is 0.337 e. The highest BCUT2D eigenvalue weighted by molar-refractivity contribution is 7.88. The minimum atomic E-state index is -3.54. The van der Waals surface area contributed by atoms with Gasteiger partial charge in [0.1, 0.15) is 0 Å². The van der Waals surface area contributed by atoms with Crippen molar-refractivity contribution in [3.63, 3.8) is 0 Å². The van der Waals surface area contributed by atoms with E-state index in [0.717, 1.165) is 16.7 Å². The van der Waals surface area contributed by atoms with Crippen LogP contribution in [-0.2, 0) is 25.3 Å². The van der Waals surface area contributed by atoms with Gasteiger partial charge in [-0.05, 0) is 55.5 Å². The number of nitrogens with one attached hydrogen (secondary N) is 1. The van der Waals surface area contributed by atoms with Gasteiger partial charge < -0.3 is 10.1 Å². The number of aryl methyl sites for hydroxylation is 2. The maximum Gasteiger partial charge on any atom is 0.337 e. The van der Waals surface area contributed by atoms with Crippen LogP contribution < -0.4 is 5.32 Å². The number of benzene rings is 2. The molecule has 0 bridgehead atoms. The summed E-state index contributed by atoms with van der Waals surface area (Å²) < 4.78 is 32.1. The van der Waals surface area contributed by atoms with Gasteiger partial charge in [-0.3, -0.25) is 4.79 Å². The number of methoxy groups -OCH3 is 1. The zero-order valence-corrected chi connectivity index (χ0v) is 18.9. The molecule has 1 N–H and O–H groups in total. The predicted octanol–water partition coefficient (Wildman–Crippen LogP) is 3.27. The Hall–Kier alpha value is -2.71. The summed E-state index contributed by atoms with van der Waals surface area (Å²) in [5.74, 6) is -1.27. The largest absolute Gasteiger partial charge is 0.465 e. The standard InChI is InChI=1S/C23H28N2O5S/c1-16-7-4-5-8-20(16)15-31(28,29)25-12-6-9-19(14-25)22(26)24-21-13-18(23(27)30-3)11-10-17(21)2/h4-5,7-8,10-11,13,19H,6,9,12,14-15H2,1-3H3,(H,24,26). The summed E-state index contributed by atoms with van der Waals surface area (Å²) in [5.41, 5.74) is 3.37. The molecule has 1 saturated heterocycles. The van der Waals surface area contributed by atoms with Crippen LogP contribution in [0.5, 0.6) is 0 Å². The first-order chi connectivity index (χ1) is 14.7. The van der Waals surface area contributed by atoms with E-state index in [4.69, 9.17) is 4.74 Å². The number of hydrogen-bond acceptors (Lipinski definition) is 5. The normalized spacial score (nSPS) is 17.2. The van der Waals surface area contributed by atoms with E-state index in [2.05, 4.69) is 5.32 Å². The molecule has 1 amide bonds. The summed E-state index contributed by atoms with van der Waals surface area (Å²) in [7, 11) is -2.24. The van der Waals surface area contributed by atoms with E-state index in [9.17, 15) is 18.0 Å². The molecule has 31 heavy (non-hydrogen) atoms. The van der Waals surface area contributed by atoms with Crippen molar-refractivity contribution in [2.45, 2.75) is 32.4 Å². The Morgan fingerprint density at radius 3 is 2.58 bits per heavy atom. The van der Waals surface area contributed by atoms with Crippen molar-refractivity contribution in [3.8, 4) is 0 Å². The van der Waals surface area contributed by atoms with E-state index in [-0.39, 0.29) is 18.2 Å². The van der Waals surface area contributed by atoms with Gasteiger partial charge in [-0.25, -0.2) is 17.5 Å². The number of carbonyl (C=O) groups is 2. The fraction of sp³-hybridized carbons (Fsp3) is 0.391. The Kier molecular flexibility index (Phi) is 7.12. The minimum Gasteiger partial charge on any atom is -0.465 e. The molecule has 3 rings (SSSR count). The molecule has 1 heterocycles. The fourth-order valence-electron chi connectivity index (χ4n) is 3.71. The van der Waals surface area contributed by atoms with Gasteiger partial charge in [0.05, 0.1) is 24.3 Å². The van der Waals surface area contributed by atoms with Gasteiger partial charge in [0.2, 0.25) is 15.9 Å². The molecule has 166 valence electrons. The molecule has 7 nitrogen and oxygen atoms in total. The van der Waals surface area contributed by atoms with Crippen LogP contribution in [0, 0.1) is 19.8 Å². The third-order valence-corrected chi connectivity index (χ3v) is 7.46. The van der Waals surface area contributed by atoms with Crippen molar-refractivity contribution >= 4 is 27.6 Å². The number of carbonyl (C=O) groups excluding carboxylic acids is 2. The fourth-order valence-corrected chi connectivity index (χ4v) is 5.42. The second-order valence-electron chi connectivity index (χ2n) is 7.89. The van der Waals surface area contributed by atoms with Crippen molar-refractivity contribution < 1.29 is 22.7 Å². The lowest BCUT2D eigenvalue weighted by molar-refractivity contribution is -0.120. The van der Waals surface area contributed by atoms with Crippen molar-refractivity contribution in [2.24, 2.45) is 5.92 Å². The number of esters is 1. The van der Waals surface area contributed by atoms with Crippen LogP contribution in [-0.4, -0.2) is 44.8 Å². The molecule has 1 fully saturated rings. The average Bonchev–Trinajstić information content (AvgIpc) is 2.76. The third-order valence-electron chi connectivity index (χ3n) is 5.66. The topological polar surface area (TPSA) is 92.8 Å². The van der Waals surface area contributed by atoms with Crippen LogP contribution in [0.4, 0.5) is 5.69 Å². The molecule has 0 aromatic heterocycles. The number of amides is 1. The number of rotatable bonds is 6. The molecule has 1 unspecified atom stereocenters. The van der Waals surface area contributed by atoms with Crippen LogP contribution in [0.3, 0.4) is 0 Å². The molecular weight excluding hydrogens is 416 g/mol. The number of sulfonamides is 1. The lowest BCUT2D eigenvalue weighted by Gasteiger charge is -2.31. The van der Waals surface area contributed by atoms with Crippen molar-refractivity contribution in [1.29, 1.82) is 0 Å². The minimum absolute atomic E-state index is 0.0751. The Morgan fingerprint density at radius 2 is 1.87 bits per heavy atom. The summed E-state index contributed by atoms with van der Waals surface area (Å²) in [6, 6.07) is 12.4. The molecule has 0 spiro atoms. The number of anilines is 1. The summed E-state index contributed by atoms with van der Waals surface area (Å²) in [4.78, 5) is 24.7. The van der Waals surface area contributed by atoms with E-state index in [1.54, 1.807) is 18.2 Å². The molecule has 0 radical (unpaired) electrons. The highest BCUT2D eigenvalue weighted by Crippen LogP contribution is 2.25. The first-order valence-corrected chi connectivity index (χ1v) is 11.8. The first kappa shape index (κ1) is 23.0. The maximum atomic E-state index is 13.0. The molecule has 1 aliphatic rings. The van der Waals surface area contributed by atoms with Gasteiger partial charge in [0.15, 0.2) is 0 Å². The number of ether oxygens (including phenoxy) is 1. The predicted molar refractivity (Wildman–Crippen MR) is 119 cm³/mol. The van der Waals surface area contributed by atoms with Gasteiger partial charge in [-0.2, -0.15) is 0 Å². The quantitative estimate of drug-likeness (QED) is 0.691. The number of piperidine rings is 1. The van der Waals surface area contributed by atoms with E-state index in [1.165, 1.54) is 11.4 Å². The third kappa shape index (κ3) is 5.51. The molecule has 2 aromatic carbocycles. The lowest BCUT2D eigenvalue weighted by atomic mass is 9.98. The molecule has 8 heteroatoms. The van der Waals surface area contributed by atoms with Crippen molar-refractivity contribution in [2.75, 3.05) is 25.5 Å². The Bertz CT molecular complexity index is 1080. The zero-order chi connectivity index (χ0) is 22.6. The van der Waals surface area contributed by atoms with Crippen LogP contribution in [0.2, 0.25) is 0 Å². The summed E-state index contributed by atoms with van der Waals surface area (Å²) in [6.07, 6.45) is 1.23. The Labute approximate surface area is 183 Å². The molecule has 0 saturated carbocycles. The number of nitrogens with zero attached hydrogens (tertiary/aromatic N) is 1. The highest BCUT2D eigenvalue weighted by Gasteiger charge is 2.32. The molecule has 0 aliphatic carbocycles. The number of hydrogen-bond donors (Lipinski definition) is 1. The summed E-state index contributed by atoms with van der Waals surface area (Å²) in [6.45, 7) is 4.28. The van der Waals surface area contributed by atoms with Crippen molar-refractivity contribution in [3.05, 3.63) is 64.7 Å². The van der Waals surface area contributed by atoms with Crippen LogP contribution in [0.1, 0.15) is 39.9 Å². The summed E-state index contributed by atoms with van der Waals surface area (Å²) in [5, 5.41) is 2.86. The van der Waals surface area contributed by atoms with E-state index >= 15 is 0 Å². The maximum absolute atomic E-state index is 13.0. The Balaban J connectivity index is 1.71. The summed E-state index contributed by atoms with van der Waals surface area (Å²) >= 11 is 0. The van der Waals surface area contributed by atoms with Gasteiger partial charge in [0.25, 0.3) is 0 Å². The molecule has 1 aliphatic heterocycles. The van der Waals surface area contributed by atoms with Gasteiger partial charge in [0, 0.05) is 18.8 Å². The first-order valence-electron chi connectivity index (χ1n) is 10.2. The van der Waals surface area contributed by atoms with Crippen molar-refractivity contribution in [1.82, 2.24) is 4.31 Å². The van der Waals surface area contributed by atoms with Crippen LogP contribution in [0.15, 0.2) is 42.5 Å². The lowest BCUT2D eigenvalue weighted by Crippen LogP contribution is -2.44. The van der Waals surface area contributed by atoms with Gasteiger partial charge in [-0.15, -0.1) is 0 Å². The average molecular weight is 445 g/mol. The van der Waals surface area contributed by atoms with Gasteiger partial charge in [-0.1, -0.05) is 30.3 Å². The Morgan fingerprint density at radius 1 is 1.13 bits per heavy atom. The zero-order valence-electron chi connectivity index (χ0n) is 18.1. The van der Waals surface area contributed by atoms with Gasteiger partial charge >= 0.3 is 5.97 Å². The van der Waals surface area contributed by atoms with Crippen LogP contribution in [0.25, 0.3) is 0 Å². The molecular formula is C23H28N2O5S. The second-order valence-corrected chi connectivity index (χ2v) is 9.86. The molecule has 2 aromatic rings. The SMILES string of the molecule is COC(=O)c1ccc(C)c(NC(=O)C2CCCN(S(=O)(=O)Cc3ccccc3C)C2)c1.